The van der Waals surface area contributed by atoms with E-state index in [4.69, 9.17) is 4.74 Å². The van der Waals surface area contributed by atoms with Crippen LogP contribution in [0.1, 0.15) is 32.8 Å². The van der Waals surface area contributed by atoms with Crippen molar-refractivity contribution >= 4 is 15.9 Å². The van der Waals surface area contributed by atoms with Gasteiger partial charge in [-0.25, -0.2) is 8.42 Å². The van der Waals surface area contributed by atoms with Gasteiger partial charge in [0.25, 0.3) is 0 Å². The van der Waals surface area contributed by atoms with Gasteiger partial charge in [-0.15, -0.1) is 0 Å². The van der Waals surface area contributed by atoms with Gasteiger partial charge in [-0.1, -0.05) is 13.0 Å². The van der Waals surface area contributed by atoms with Gasteiger partial charge in [0.05, 0.1) is 13.2 Å². The molecule has 1 amide bonds. The maximum Gasteiger partial charge on any atom is 0.244 e. The normalized spacial score (nSPS) is 14.2. The number of hydrogen-bond acceptors (Lipinski definition) is 4. The minimum Gasteiger partial charge on any atom is -0.495 e. The molecule has 0 bridgehead atoms. The lowest BCUT2D eigenvalue weighted by Crippen LogP contribution is -2.47. The molecule has 0 aliphatic heterocycles. The molecule has 22 heavy (non-hydrogen) atoms. The number of rotatable bonds is 7. The average molecular weight is 328 g/mol. The third-order valence-electron chi connectivity index (χ3n) is 3.33. The molecule has 0 aliphatic rings. The lowest BCUT2D eigenvalue weighted by molar-refractivity contribution is -0.122. The van der Waals surface area contributed by atoms with Crippen molar-refractivity contribution in [3.05, 3.63) is 23.8 Å². The van der Waals surface area contributed by atoms with E-state index in [0.29, 0.717) is 0 Å². The van der Waals surface area contributed by atoms with E-state index in [1.54, 1.807) is 19.1 Å². The number of sulfonamides is 1. The van der Waals surface area contributed by atoms with Crippen molar-refractivity contribution < 1.29 is 17.9 Å². The largest absolute Gasteiger partial charge is 0.495 e. The Kier molecular flexibility index (Phi) is 6.37. The zero-order chi connectivity index (χ0) is 16.9. The Bertz CT molecular complexity index is 628. The SMILES string of the molecule is CC[C@H](C)NC(=O)[C@@H](C)NS(=O)(=O)c1cc(C)ccc1OC. The first-order valence-corrected chi connectivity index (χ1v) is 8.67. The van der Waals surface area contributed by atoms with Crippen molar-refractivity contribution in [1.29, 1.82) is 0 Å². The molecule has 0 aromatic heterocycles. The van der Waals surface area contributed by atoms with Crippen LogP contribution in [-0.2, 0) is 14.8 Å². The highest BCUT2D eigenvalue weighted by Crippen LogP contribution is 2.24. The summed E-state index contributed by atoms with van der Waals surface area (Å²) in [5.74, 6) is -0.114. The molecule has 1 aromatic rings. The molecular formula is C15H24N2O4S. The minimum atomic E-state index is -3.85. The zero-order valence-corrected chi connectivity index (χ0v) is 14.5. The highest BCUT2D eigenvalue weighted by Gasteiger charge is 2.25. The molecule has 7 heteroatoms. The minimum absolute atomic E-state index is 0.00652. The zero-order valence-electron chi connectivity index (χ0n) is 13.6. The predicted octanol–water partition coefficient (Wildman–Crippen LogP) is 1.59. The maximum atomic E-state index is 12.5. The summed E-state index contributed by atoms with van der Waals surface area (Å²) in [6, 6.07) is 3.99. The molecule has 2 atom stereocenters. The Morgan fingerprint density at radius 1 is 1.32 bits per heavy atom. The van der Waals surface area contributed by atoms with E-state index < -0.39 is 16.1 Å². The molecule has 0 spiro atoms. The van der Waals surface area contributed by atoms with Crippen LogP contribution in [0, 0.1) is 6.92 Å². The van der Waals surface area contributed by atoms with Crippen LogP contribution in [0.4, 0.5) is 0 Å². The number of benzene rings is 1. The highest BCUT2D eigenvalue weighted by atomic mass is 32.2. The third kappa shape index (κ3) is 4.71. The van der Waals surface area contributed by atoms with Crippen LogP contribution in [0.25, 0.3) is 0 Å². The van der Waals surface area contributed by atoms with Crippen LogP contribution in [-0.4, -0.2) is 33.5 Å². The summed E-state index contributed by atoms with van der Waals surface area (Å²) in [7, 11) is -2.44. The standard InChI is InChI=1S/C15H24N2O4S/c1-6-11(3)16-15(18)12(4)17-22(19,20)14-9-10(2)7-8-13(14)21-5/h7-9,11-12,17H,6H2,1-5H3,(H,16,18)/t11-,12+/m0/s1. The van der Waals surface area contributed by atoms with E-state index in [1.165, 1.54) is 20.1 Å². The number of nitrogens with one attached hydrogen (secondary N) is 2. The summed E-state index contributed by atoms with van der Waals surface area (Å²) >= 11 is 0. The first-order valence-electron chi connectivity index (χ1n) is 7.18. The molecule has 0 unspecified atom stereocenters. The Morgan fingerprint density at radius 2 is 1.95 bits per heavy atom. The maximum absolute atomic E-state index is 12.5. The molecule has 0 saturated carbocycles. The number of carbonyl (C=O) groups is 1. The van der Waals surface area contributed by atoms with Gasteiger partial charge in [0.2, 0.25) is 15.9 Å². The number of carbonyl (C=O) groups excluding carboxylic acids is 1. The van der Waals surface area contributed by atoms with Gasteiger partial charge < -0.3 is 10.1 Å². The van der Waals surface area contributed by atoms with Gasteiger partial charge in [0.1, 0.15) is 10.6 Å². The molecule has 0 fully saturated rings. The van der Waals surface area contributed by atoms with Crippen molar-refractivity contribution in [2.24, 2.45) is 0 Å². The fourth-order valence-electron chi connectivity index (χ4n) is 1.81. The second kappa shape index (κ2) is 7.60. The van der Waals surface area contributed by atoms with Crippen molar-refractivity contribution in [1.82, 2.24) is 10.0 Å². The van der Waals surface area contributed by atoms with Crippen LogP contribution < -0.4 is 14.8 Å². The smallest absolute Gasteiger partial charge is 0.244 e. The molecule has 0 heterocycles. The summed E-state index contributed by atoms with van der Waals surface area (Å²) < 4.78 is 32.4. The third-order valence-corrected chi connectivity index (χ3v) is 4.90. The lowest BCUT2D eigenvalue weighted by atomic mass is 10.2. The van der Waals surface area contributed by atoms with E-state index in [1.807, 2.05) is 13.8 Å². The highest BCUT2D eigenvalue weighted by molar-refractivity contribution is 7.89. The quantitative estimate of drug-likeness (QED) is 0.796. The number of aryl methyl sites for hydroxylation is 1. The van der Waals surface area contributed by atoms with Crippen molar-refractivity contribution in [3.63, 3.8) is 0 Å². The van der Waals surface area contributed by atoms with Gasteiger partial charge >= 0.3 is 0 Å². The lowest BCUT2D eigenvalue weighted by Gasteiger charge is -2.18. The van der Waals surface area contributed by atoms with E-state index in [0.717, 1.165) is 12.0 Å². The van der Waals surface area contributed by atoms with E-state index in [9.17, 15) is 13.2 Å². The van der Waals surface area contributed by atoms with Crippen molar-refractivity contribution in [2.45, 2.75) is 51.1 Å². The Labute approximate surface area is 132 Å². The fraction of sp³-hybridized carbons (Fsp3) is 0.533. The van der Waals surface area contributed by atoms with Gasteiger partial charge in [-0.05, 0) is 44.9 Å². The topological polar surface area (TPSA) is 84.5 Å². The molecule has 6 nitrogen and oxygen atoms in total. The summed E-state index contributed by atoms with van der Waals surface area (Å²) in [5, 5.41) is 2.75. The van der Waals surface area contributed by atoms with Crippen LogP contribution in [0.2, 0.25) is 0 Å². The fourth-order valence-corrected chi connectivity index (χ4v) is 3.27. The van der Waals surface area contributed by atoms with Gasteiger partial charge in [0.15, 0.2) is 0 Å². The molecule has 0 radical (unpaired) electrons. The summed E-state index contributed by atoms with van der Waals surface area (Å²) in [5.41, 5.74) is 0.790. The number of ether oxygens (including phenoxy) is 1. The van der Waals surface area contributed by atoms with Crippen LogP contribution in [0.15, 0.2) is 23.1 Å². The second-order valence-electron chi connectivity index (χ2n) is 5.32. The number of amides is 1. The first kappa shape index (κ1) is 18.4. The van der Waals surface area contributed by atoms with Gasteiger partial charge in [-0.3, -0.25) is 4.79 Å². The predicted molar refractivity (Wildman–Crippen MR) is 85.4 cm³/mol. The van der Waals surface area contributed by atoms with E-state index in [-0.39, 0.29) is 22.6 Å². The number of methoxy groups -OCH3 is 1. The van der Waals surface area contributed by atoms with Crippen molar-refractivity contribution in [3.8, 4) is 5.75 Å². The summed E-state index contributed by atoms with van der Waals surface area (Å²) in [4.78, 5) is 12.0. The second-order valence-corrected chi connectivity index (χ2v) is 7.00. The molecular weight excluding hydrogens is 304 g/mol. The van der Waals surface area contributed by atoms with E-state index >= 15 is 0 Å². The van der Waals surface area contributed by atoms with Gasteiger partial charge in [0, 0.05) is 6.04 Å². The van der Waals surface area contributed by atoms with Crippen LogP contribution in [0.3, 0.4) is 0 Å². The summed E-state index contributed by atoms with van der Waals surface area (Å²) in [6.07, 6.45) is 0.775. The average Bonchev–Trinajstić information content (AvgIpc) is 2.46. The Morgan fingerprint density at radius 3 is 2.50 bits per heavy atom. The monoisotopic (exact) mass is 328 g/mol. The van der Waals surface area contributed by atoms with E-state index in [2.05, 4.69) is 10.0 Å². The van der Waals surface area contributed by atoms with Gasteiger partial charge in [-0.2, -0.15) is 4.72 Å². The molecule has 0 aliphatic carbocycles. The Hall–Kier alpha value is -1.60. The van der Waals surface area contributed by atoms with Crippen LogP contribution in [0.5, 0.6) is 5.75 Å². The molecule has 124 valence electrons. The number of hydrogen-bond donors (Lipinski definition) is 2. The molecule has 1 rings (SSSR count). The Balaban J connectivity index is 2.96. The molecule has 1 aromatic carbocycles. The summed E-state index contributed by atoms with van der Waals surface area (Å²) in [6.45, 7) is 7.11. The van der Waals surface area contributed by atoms with Crippen LogP contribution >= 0.6 is 0 Å². The molecule has 0 saturated heterocycles. The van der Waals surface area contributed by atoms with Crippen molar-refractivity contribution in [2.75, 3.05) is 7.11 Å². The first-order chi connectivity index (χ1) is 10.2. The molecule has 2 N–H and O–H groups in total.